The Morgan fingerprint density at radius 3 is 2.60 bits per heavy atom. The first-order valence-corrected chi connectivity index (χ1v) is 11.2. The zero-order chi connectivity index (χ0) is 21.1. The Hall–Kier alpha value is -2.64. The van der Waals surface area contributed by atoms with Gasteiger partial charge in [0.05, 0.1) is 56.6 Å². The lowest BCUT2D eigenvalue weighted by atomic mass is 10.1. The Balaban J connectivity index is 1.25. The van der Waals surface area contributed by atoms with E-state index >= 15 is 0 Å². The standard InChI is InChI=1S/C23H28N4O2S/c1-16-4-9-20-21(17(16)2)25-23(30-20)27-14-12-26(13-15-27)11-10-24-22(28)18-5-7-19(29-3)8-6-18/h4-9H,10-15H2,1-3H3,(H,24,28)/p+1. The largest absolute Gasteiger partial charge is 0.497 e. The van der Waals surface area contributed by atoms with E-state index in [-0.39, 0.29) is 5.91 Å². The summed E-state index contributed by atoms with van der Waals surface area (Å²) in [5.74, 6) is 0.725. The number of hydrogen-bond donors (Lipinski definition) is 2. The number of amides is 1. The number of methoxy groups -OCH3 is 1. The van der Waals surface area contributed by atoms with Crippen LogP contribution in [0.3, 0.4) is 0 Å². The van der Waals surface area contributed by atoms with E-state index in [0.29, 0.717) is 12.1 Å². The highest BCUT2D eigenvalue weighted by Crippen LogP contribution is 2.31. The summed E-state index contributed by atoms with van der Waals surface area (Å²) in [5.41, 5.74) is 4.39. The van der Waals surface area contributed by atoms with Crippen molar-refractivity contribution in [3.8, 4) is 5.75 Å². The Morgan fingerprint density at radius 1 is 1.17 bits per heavy atom. The van der Waals surface area contributed by atoms with Gasteiger partial charge in [0, 0.05) is 5.56 Å². The van der Waals surface area contributed by atoms with Crippen molar-refractivity contribution in [3.05, 3.63) is 53.1 Å². The molecule has 1 aliphatic heterocycles. The molecule has 3 aromatic rings. The zero-order valence-corrected chi connectivity index (χ0v) is 18.6. The number of benzene rings is 2. The van der Waals surface area contributed by atoms with Gasteiger partial charge in [0.2, 0.25) is 0 Å². The van der Waals surface area contributed by atoms with Gasteiger partial charge in [-0.3, -0.25) is 4.79 Å². The lowest BCUT2D eigenvalue weighted by Crippen LogP contribution is -3.15. The lowest BCUT2D eigenvalue weighted by Gasteiger charge is -2.32. The van der Waals surface area contributed by atoms with Crippen molar-refractivity contribution < 1.29 is 14.4 Å². The molecule has 0 bridgehead atoms. The molecule has 1 aliphatic rings. The minimum Gasteiger partial charge on any atom is -0.497 e. The molecule has 4 rings (SSSR count). The summed E-state index contributed by atoms with van der Waals surface area (Å²) in [6.07, 6.45) is 0. The van der Waals surface area contributed by atoms with Gasteiger partial charge in [-0.1, -0.05) is 17.4 Å². The normalized spacial score (nSPS) is 14.8. The number of nitrogens with zero attached hydrogens (tertiary/aromatic N) is 2. The molecule has 0 spiro atoms. The first-order valence-electron chi connectivity index (χ1n) is 10.4. The second kappa shape index (κ2) is 9.02. The van der Waals surface area contributed by atoms with Crippen molar-refractivity contribution in [1.29, 1.82) is 0 Å². The number of rotatable bonds is 6. The molecule has 2 heterocycles. The van der Waals surface area contributed by atoms with Gasteiger partial charge in [-0.25, -0.2) is 4.98 Å². The van der Waals surface area contributed by atoms with E-state index in [4.69, 9.17) is 9.72 Å². The Bertz CT molecular complexity index is 1020. The minimum absolute atomic E-state index is 0.0316. The van der Waals surface area contributed by atoms with Crippen molar-refractivity contribution in [2.75, 3.05) is 51.3 Å². The second-order valence-electron chi connectivity index (χ2n) is 7.82. The lowest BCUT2D eigenvalue weighted by molar-refractivity contribution is -0.899. The number of anilines is 1. The third kappa shape index (κ3) is 4.42. The van der Waals surface area contributed by atoms with Gasteiger partial charge in [-0.2, -0.15) is 0 Å². The van der Waals surface area contributed by atoms with Gasteiger partial charge in [-0.05, 0) is 55.3 Å². The number of carbonyl (C=O) groups excluding carboxylic acids is 1. The first kappa shape index (κ1) is 20.6. The van der Waals surface area contributed by atoms with Crippen LogP contribution >= 0.6 is 11.3 Å². The maximum Gasteiger partial charge on any atom is 0.251 e. The molecule has 30 heavy (non-hydrogen) atoms. The summed E-state index contributed by atoms with van der Waals surface area (Å²) in [6.45, 7) is 10.0. The summed E-state index contributed by atoms with van der Waals surface area (Å²) in [6, 6.07) is 11.6. The van der Waals surface area contributed by atoms with E-state index in [1.165, 1.54) is 20.7 Å². The van der Waals surface area contributed by atoms with E-state index in [2.05, 4.69) is 36.2 Å². The molecule has 1 amide bonds. The van der Waals surface area contributed by atoms with Crippen molar-refractivity contribution in [2.45, 2.75) is 13.8 Å². The molecule has 0 saturated carbocycles. The molecule has 1 saturated heterocycles. The predicted octanol–water partition coefficient (Wildman–Crippen LogP) is 2.06. The first-order chi connectivity index (χ1) is 14.5. The van der Waals surface area contributed by atoms with Crippen LogP contribution in [0.1, 0.15) is 21.5 Å². The third-order valence-corrected chi connectivity index (χ3v) is 7.01. The molecule has 158 valence electrons. The number of aromatic nitrogens is 1. The summed E-state index contributed by atoms with van der Waals surface area (Å²) < 4.78 is 6.40. The maximum absolute atomic E-state index is 12.3. The smallest absolute Gasteiger partial charge is 0.251 e. The van der Waals surface area contributed by atoms with Crippen LogP contribution in [0, 0.1) is 13.8 Å². The highest BCUT2D eigenvalue weighted by Gasteiger charge is 2.22. The zero-order valence-electron chi connectivity index (χ0n) is 17.8. The Labute approximate surface area is 181 Å². The van der Waals surface area contributed by atoms with Crippen LogP contribution < -0.4 is 19.9 Å². The Morgan fingerprint density at radius 2 is 1.90 bits per heavy atom. The molecule has 0 atom stereocenters. The van der Waals surface area contributed by atoms with Gasteiger partial charge in [0.25, 0.3) is 5.91 Å². The topological polar surface area (TPSA) is 58.9 Å². The van der Waals surface area contributed by atoms with Crippen LogP contribution in [0.25, 0.3) is 10.2 Å². The summed E-state index contributed by atoms with van der Waals surface area (Å²) in [5, 5.41) is 4.16. The number of fused-ring (bicyclic) bond motifs is 1. The van der Waals surface area contributed by atoms with Crippen LogP contribution in [-0.4, -0.2) is 57.3 Å². The van der Waals surface area contributed by atoms with E-state index < -0.39 is 0 Å². The van der Waals surface area contributed by atoms with E-state index in [1.807, 2.05) is 12.1 Å². The van der Waals surface area contributed by atoms with Crippen LogP contribution in [0.4, 0.5) is 5.13 Å². The molecular formula is C23H29N4O2S+. The molecule has 7 heteroatoms. The van der Waals surface area contributed by atoms with Crippen molar-refractivity contribution in [1.82, 2.24) is 10.3 Å². The molecule has 1 fully saturated rings. The average Bonchev–Trinajstić information content (AvgIpc) is 3.22. The number of aryl methyl sites for hydroxylation is 2. The quantitative estimate of drug-likeness (QED) is 0.635. The molecule has 1 aromatic heterocycles. The SMILES string of the molecule is COc1ccc(C(=O)NCC[NH+]2CCN(c3nc4c(C)c(C)ccc4s3)CC2)cc1. The maximum atomic E-state index is 12.3. The summed E-state index contributed by atoms with van der Waals surface area (Å²) >= 11 is 1.79. The molecular weight excluding hydrogens is 396 g/mol. The number of quaternary nitrogens is 1. The molecule has 0 radical (unpaired) electrons. The number of thiazole rings is 1. The monoisotopic (exact) mass is 425 g/mol. The van der Waals surface area contributed by atoms with Crippen LogP contribution in [0.2, 0.25) is 0 Å². The van der Waals surface area contributed by atoms with Crippen LogP contribution in [0.5, 0.6) is 5.75 Å². The Kier molecular flexibility index (Phi) is 6.20. The summed E-state index contributed by atoms with van der Waals surface area (Å²) in [4.78, 5) is 21.1. The molecule has 2 N–H and O–H groups in total. The van der Waals surface area contributed by atoms with E-state index in [9.17, 15) is 4.79 Å². The fourth-order valence-corrected chi connectivity index (χ4v) is 4.89. The fraction of sp³-hybridized carbons (Fsp3) is 0.391. The van der Waals surface area contributed by atoms with Crippen LogP contribution in [0.15, 0.2) is 36.4 Å². The fourth-order valence-electron chi connectivity index (χ4n) is 3.81. The minimum atomic E-state index is -0.0316. The third-order valence-electron chi connectivity index (χ3n) is 5.93. The number of ether oxygens (including phenoxy) is 1. The van der Waals surface area contributed by atoms with Crippen molar-refractivity contribution in [2.24, 2.45) is 0 Å². The van der Waals surface area contributed by atoms with Gasteiger partial charge < -0.3 is 19.9 Å². The molecule has 0 unspecified atom stereocenters. The number of nitrogens with one attached hydrogen (secondary N) is 2. The predicted molar refractivity (Wildman–Crippen MR) is 122 cm³/mol. The van der Waals surface area contributed by atoms with Gasteiger partial charge in [0.15, 0.2) is 5.13 Å². The van der Waals surface area contributed by atoms with E-state index in [0.717, 1.165) is 49.1 Å². The number of carbonyl (C=O) groups is 1. The van der Waals surface area contributed by atoms with Crippen molar-refractivity contribution >= 4 is 32.6 Å². The second-order valence-corrected chi connectivity index (χ2v) is 8.83. The van der Waals surface area contributed by atoms with Crippen molar-refractivity contribution in [3.63, 3.8) is 0 Å². The van der Waals surface area contributed by atoms with Gasteiger partial charge in [-0.15, -0.1) is 0 Å². The number of hydrogen-bond acceptors (Lipinski definition) is 5. The highest BCUT2D eigenvalue weighted by atomic mass is 32.1. The van der Waals surface area contributed by atoms with Crippen LogP contribution in [-0.2, 0) is 0 Å². The molecule has 0 aliphatic carbocycles. The van der Waals surface area contributed by atoms with E-state index in [1.54, 1.807) is 30.6 Å². The highest BCUT2D eigenvalue weighted by molar-refractivity contribution is 7.22. The molecule has 2 aromatic carbocycles. The van der Waals surface area contributed by atoms with Gasteiger partial charge >= 0.3 is 0 Å². The average molecular weight is 426 g/mol. The molecule has 6 nitrogen and oxygen atoms in total. The number of piperazine rings is 1. The summed E-state index contributed by atoms with van der Waals surface area (Å²) in [7, 11) is 1.62. The van der Waals surface area contributed by atoms with Gasteiger partial charge in [0.1, 0.15) is 5.75 Å².